The van der Waals surface area contributed by atoms with Gasteiger partial charge in [0.2, 0.25) is 10.0 Å². The fourth-order valence-corrected chi connectivity index (χ4v) is 5.21. The van der Waals surface area contributed by atoms with Crippen LogP contribution in [0.1, 0.15) is 16.8 Å². The van der Waals surface area contributed by atoms with Gasteiger partial charge in [-0.25, -0.2) is 18.1 Å². The van der Waals surface area contributed by atoms with Crippen molar-refractivity contribution in [3.05, 3.63) is 32.6 Å². The minimum atomic E-state index is -3.52. The van der Waals surface area contributed by atoms with Gasteiger partial charge in [-0.15, -0.1) is 22.7 Å². The van der Waals surface area contributed by atoms with Crippen molar-refractivity contribution in [3.8, 4) is 0 Å². The number of aromatic nitrogens is 1. The van der Waals surface area contributed by atoms with Gasteiger partial charge in [0.1, 0.15) is 9.22 Å². The first-order valence-electron chi connectivity index (χ1n) is 7.57. The number of hydrogen-bond acceptors (Lipinski definition) is 6. The highest BCUT2D eigenvalue weighted by atomic mass is 35.5. The minimum Gasteiger partial charge on any atom is -0.355 e. The van der Waals surface area contributed by atoms with E-state index in [4.69, 9.17) is 11.6 Å². The van der Waals surface area contributed by atoms with E-state index in [1.54, 1.807) is 24.5 Å². The van der Waals surface area contributed by atoms with Crippen molar-refractivity contribution in [3.63, 3.8) is 0 Å². The number of aliphatic imine (C=N–C) groups is 1. The molecule has 0 bridgehead atoms. The van der Waals surface area contributed by atoms with E-state index < -0.39 is 10.0 Å². The predicted molar refractivity (Wildman–Crippen MR) is 104 cm³/mol. The first kappa shape index (κ1) is 20.1. The number of rotatable bonds is 8. The highest BCUT2D eigenvalue weighted by Crippen LogP contribution is 2.25. The highest BCUT2D eigenvalue weighted by Gasteiger charge is 2.15. The zero-order chi connectivity index (χ0) is 18.3. The molecule has 0 aromatic carbocycles. The predicted octanol–water partition coefficient (Wildman–Crippen LogP) is 2.06. The Balaban J connectivity index is 1.74. The van der Waals surface area contributed by atoms with E-state index in [-0.39, 0.29) is 10.8 Å². The second-order valence-electron chi connectivity index (χ2n) is 4.88. The molecule has 0 aliphatic heterocycles. The van der Waals surface area contributed by atoms with Crippen LogP contribution in [0, 0.1) is 0 Å². The molecule has 2 rings (SSSR count). The van der Waals surface area contributed by atoms with Gasteiger partial charge in [-0.05, 0) is 18.6 Å². The number of thiazole rings is 1. The zero-order valence-electron chi connectivity index (χ0n) is 13.9. The molecule has 7 nitrogen and oxygen atoms in total. The lowest BCUT2D eigenvalue weighted by Gasteiger charge is -2.11. The molecule has 11 heteroatoms. The number of sulfonamides is 1. The fraction of sp³-hybridized carbons (Fsp3) is 0.429. The van der Waals surface area contributed by atoms with Crippen LogP contribution in [-0.4, -0.2) is 39.5 Å². The number of aryl methyl sites for hydroxylation is 1. The Hall–Kier alpha value is -1.20. The van der Waals surface area contributed by atoms with Crippen molar-refractivity contribution >= 4 is 50.3 Å². The Labute approximate surface area is 160 Å². The summed E-state index contributed by atoms with van der Waals surface area (Å²) in [5.41, 5.74) is 0. The van der Waals surface area contributed by atoms with Crippen LogP contribution in [0.5, 0.6) is 0 Å². The van der Waals surface area contributed by atoms with Crippen LogP contribution < -0.4 is 15.4 Å². The molecule has 0 aliphatic carbocycles. The number of hydrogen-bond donors (Lipinski definition) is 3. The van der Waals surface area contributed by atoms with Gasteiger partial charge in [0.15, 0.2) is 5.96 Å². The van der Waals surface area contributed by atoms with Crippen LogP contribution in [0.2, 0.25) is 4.34 Å². The summed E-state index contributed by atoms with van der Waals surface area (Å²) in [6.45, 7) is 3.30. The molecule has 138 valence electrons. The van der Waals surface area contributed by atoms with Gasteiger partial charge in [-0.1, -0.05) is 18.5 Å². The van der Waals surface area contributed by atoms with Gasteiger partial charge >= 0.3 is 0 Å². The molecule has 0 saturated heterocycles. The van der Waals surface area contributed by atoms with Crippen molar-refractivity contribution in [2.45, 2.75) is 24.1 Å². The van der Waals surface area contributed by atoms with E-state index in [9.17, 15) is 8.42 Å². The molecule has 0 radical (unpaired) electrons. The summed E-state index contributed by atoms with van der Waals surface area (Å²) in [6, 6.07) is 3.05. The fourth-order valence-electron chi connectivity index (χ4n) is 1.85. The third kappa shape index (κ3) is 6.23. The van der Waals surface area contributed by atoms with Gasteiger partial charge < -0.3 is 10.6 Å². The average molecular weight is 422 g/mol. The topological polar surface area (TPSA) is 95.5 Å². The average Bonchev–Trinajstić information content (AvgIpc) is 3.23. The normalized spacial score (nSPS) is 12.4. The summed E-state index contributed by atoms with van der Waals surface area (Å²) in [4.78, 5) is 9.67. The van der Waals surface area contributed by atoms with E-state index in [1.165, 1.54) is 10.9 Å². The molecular weight excluding hydrogens is 402 g/mol. The molecule has 0 atom stereocenters. The summed E-state index contributed by atoms with van der Waals surface area (Å²) in [6.07, 6.45) is 2.85. The van der Waals surface area contributed by atoms with Crippen LogP contribution in [0.3, 0.4) is 0 Å². The zero-order valence-corrected chi connectivity index (χ0v) is 17.1. The second-order valence-corrected chi connectivity index (χ2v) is 9.79. The van der Waals surface area contributed by atoms with Crippen molar-refractivity contribution in [2.24, 2.45) is 4.99 Å². The number of thiophene rings is 1. The van der Waals surface area contributed by atoms with Crippen molar-refractivity contribution < 1.29 is 8.42 Å². The molecule has 0 aliphatic rings. The van der Waals surface area contributed by atoms with Gasteiger partial charge in [-0.3, -0.25) is 4.99 Å². The highest BCUT2D eigenvalue weighted by molar-refractivity contribution is 7.91. The molecule has 0 saturated carbocycles. The largest absolute Gasteiger partial charge is 0.355 e. The molecule has 2 aromatic rings. The summed E-state index contributed by atoms with van der Waals surface area (Å²) in [5.74, 6) is 0.589. The molecule has 0 unspecified atom stereocenters. The Bertz CT molecular complexity index is 816. The van der Waals surface area contributed by atoms with Gasteiger partial charge in [-0.2, -0.15) is 0 Å². The lowest BCUT2D eigenvalue weighted by atomic mass is 10.4. The second kappa shape index (κ2) is 9.48. The molecule has 25 heavy (non-hydrogen) atoms. The Morgan fingerprint density at radius 3 is 2.68 bits per heavy atom. The van der Waals surface area contributed by atoms with E-state index in [2.05, 4.69) is 32.3 Å². The Kier molecular flexibility index (Phi) is 7.63. The third-order valence-electron chi connectivity index (χ3n) is 3.10. The summed E-state index contributed by atoms with van der Waals surface area (Å²) >= 11 is 8.45. The maximum Gasteiger partial charge on any atom is 0.250 e. The number of nitrogens with one attached hydrogen (secondary N) is 3. The summed E-state index contributed by atoms with van der Waals surface area (Å²) in [5, 5.41) is 7.19. The molecule has 0 amide bonds. The van der Waals surface area contributed by atoms with Crippen LogP contribution in [0.4, 0.5) is 0 Å². The van der Waals surface area contributed by atoms with E-state index in [0.717, 1.165) is 22.8 Å². The molecule has 3 N–H and O–H groups in total. The third-order valence-corrected chi connectivity index (χ3v) is 7.43. The van der Waals surface area contributed by atoms with E-state index in [0.29, 0.717) is 23.4 Å². The van der Waals surface area contributed by atoms with E-state index in [1.807, 2.05) is 6.20 Å². The lowest BCUT2D eigenvalue weighted by Crippen LogP contribution is -2.41. The number of nitrogens with zero attached hydrogens (tertiary/aromatic N) is 2. The van der Waals surface area contributed by atoms with Crippen LogP contribution >= 0.6 is 34.3 Å². The first-order valence-corrected chi connectivity index (χ1v) is 11.1. The minimum absolute atomic E-state index is 0.204. The van der Waals surface area contributed by atoms with Crippen molar-refractivity contribution in [1.29, 1.82) is 0 Å². The van der Waals surface area contributed by atoms with Gasteiger partial charge in [0, 0.05) is 31.2 Å². The maximum absolute atomic E-state index is 12.1. The number of halogens is 1. The molecular formula is C14H20ClN5O2S3. The Morgan fingerprint density at radius 2 is 2.08 bits per heavy atom. The Morgan fingerprint density at radius 1 is 1.28 bits per heavy atom. The quantitative estimate of drug-likeness (QED) is 0.344. The molecule has 2 heterocycles. The monoisotopic (exact) mass is 421 g/mol. The van der Waals surface area contributed by atoms with Gasteiger partial charge in [0.25, 0.3) is 0 Å². The molecule has 2 aromatic heterocycles. The smallest absolute Gasteiger partial charge is 0.250 e. The first-order chi connectivity index (χ1) is 11.9. The SMILES string of the molecule is CCc1cnc(CNC(=NC)NCCNS(=O)(=O)c2ccc(Cl)s2)s1. The molecule has 0 fully saturated rings. The van der Waals surface area contributed by atoms with Crippen LogP contribution in [0.25, 0.3) is 0 Å². The van der Waals surface area contributed by atoms with E-state index >= 15 is 0 Å². The van der Waals surface area contributed by atoms with Crippen molar-refractivity contribution in [2.75, 3.05) is 20.1 Å². The maximum atomic E-state index is 12.1. The van der Waals surface area contributed by atoms with Crippen LogP contribution in [-0.2, 0) is 23.0 Å². The summed E-state index contributed by atoms with van der Waals surface area (Å²) in [7, 11) is -1.86. The molecule has 0 spiro atoms. The van der Waals surface area contributed by atoms with Crippen molar-refractivity contribution in [1.82, 2.24) is 20.3 Å². The summed E-state index contributed by atoms with van der Waals surface area (Å²) < 4.78 is 27.3. The van der Waals surface area contributed by atoms with Crippen LogP contribution in [0.15, 0.2) is 27.5 Å². The lowest BCUT2D eigenvalue weighted by molar-refractivity contribution is 0.582. The standard InChI is InChI=1S/C14H20ClN5O2S3/c1-3-10-8-18-12(23-10)9-19-14(16-2)17-6-7-20-25(21,22)13-5-4-11(15)24-13/h4-5,8,20H,3,6-7,9H2,1-2H3,(H2,16,17,19). The number of guanidine groups is 1. The van der Waals surface area contributed by atoms with Gasteiger partial charge in [0.05, 0.1) is 10.9 Å².